The van der Waals surface area contributed by atoms with Crippen molar-refractivity contribution in [2.45, 2.75) is 43.6 Å². The number of piperidine rings is 1. The molecule has 0 aliphatic carbocycles. The van der Waals surface area contributed by atoms with Gasteiger partial charge in [-0.3, -0.25) is 9.78 Å². The Morgan fingerprint density at radius 2 is 1.95 bits per heavy atom. The molecule has 0 unspecified atom stereocenters. The fourth-order valence-electron chi connectivity index (χ4n) is 5.12. The number of aliphatic hydroxyl groups is 1. The van der Waals surface area contributed by atoms with Gasteiger partial charge in [0.2, 0.25) is 0 Å². The quantitative estimate of drug-likeness (QED) is 0.247. The fourth-order valence-corrected chi connectivity index (χ4v) is 6.11. The number of aliphatic carboxylic acids is 1. The maximum absolute atomic E-state index is 13.9. The Hall–Kier alpha value is -2.82. The molecule has 1 aliphatic heterocycles. The van der Waals surface area contributed by atoms with Crippen molar-refractivity contribution in [3.8, 4) is 5.75 Å². The highest BCUT2D eigenvalue weighted by molar-refractivity contribution is 7.99. The van der Waals surface area contributed by atoms with Gasteiger partial charge in [0.15, 0.2) is 11.6 Å². The number of rotatable bonds is 10. The predicted molar refractivity (Wildman–Crippen MR) is 140 cm³/mol. The van der Waals surface area contributed by atoms with Gasteiger partial charge in [0.1, 0.15) is 11.6 Å². The Balaban J connectivity index is 1.37. The first kappa shape index (κ1) is 28.2. The van der Waals surface area contributed by atoms with E-state index >= 15 is 0 Å². The normalized spacial score (nSPS) is 16.5. The van der Waals surface area contributed by atoms with Crippen molar-refractivity contribution in [3.63, 3.8) is 0 Å². The van der Waals surface area contributed by atoms with Gasteiger partial charge in [0.05, 0.1) is 24.1 Å². The van der Waals surface area contributed by atoms with Gasteiger partial charge in [0.25, 0.3) is 0 Å². The molecule has 0 saturated carbocycles. The number of benzene rings is 2. The van der Waals surface area contributed by atoms with Crippen LogP contribution in [0, 0.1) is 29.8 Å². The summed E-state index contributed by atoms with van der Waals surface area (Å²) >= 11 is 1.03. The summed E-state index contributed by atoms with van der Waals surface area (Å²) in [5.41, 5.74) is 1.32. The summed E-state index contributed by atoms with van der Waals surface area (Å²) in [7, 11) is 1.57. The highest BCUT2D eigenvalue weighted by Crippen LogP contribution is 2.40. The third-order valence-corrected chi connectivity index (χ3v) is 8.43. The molecule has 6 nitrogen and oxygen atoms in total. The first-order valence-electron chi connectivity index (χ1n) is 12.5. The summed E-state index contributed by atoms with van der Waals surface area (Å²) in [6.45, 7) is 3.46. The molecule has 0 radical (unpaired) electrons. The number of pyridine rings is 1. The molecule has 0 amide bonds. The van der Waals surface area contributed by atoms with E-state index < -0.39 is 34.9 Å². The van der Waals surface area contributed by atoms with Crippen LogP contribution in [-0.4, -0.2) is 58.6 Å². The molecule has 38 heavy (non-hydrogen) atoms. The lowest BCUT2D eigenvalue weighted by Gasteiger charge is -2.39. The number of ether oxygens (including phenoxy) is 1. The van der Waals surface area contributed by atoms with Crippen molar-refractivity contribution in [1.29, 1.82) is 0 Å². The van der Waals surface area contributed by atoms with Crippen molar-refractivity contribution in [3.05, 3.63) is 65.1 Å². The maximum Gasteiger partial charge on any atom is 0.309 e. The smallest absolute Gasteiger partial charge is 0.309 e. The predicted octanol–water partition coefficient (Wildman–Crippen LogP) is 5.74. The number of hydrogen-bond donors (Lipinski definition) is 2. The van der Waals surface area contributed by atoms with Crippen molar-refractivity contribution in [2.24, 2.45) is 5.41 Å². The molecule has 2 N–H and O–H groups in total. The van der Waals surface area contributed by atoms with Gasteiger partial charge in [-0.05, 0) is 81.1 Å². The van der Waals surface area contributed by atoms with E-state index in [1.165, 1.54) is 0 Å². The van der Waals surface area contributed by atoms with Crippen LogP contribution in [0.5, 0.6) is 5.75 Å². The summed E-state index contributed by atoms with van der Waals surface area (Å²) < 4.78 is 46.1. The molecule has 3 aromatic rings. The monoisotopic (exact) mass is 548 g/mol. The van der Waals surface area contributed by atoms with E-state index in [1.54, 1.807) is 19.4 Å². The summed E-state index contributed by atoms with van der Waals surface area (Å²) in [4.78, 5) is 18.8. The van der Waals surface area contributed by atoms with E-state index in [2.05, 4.69) is 9.88 Å². The molecule has 1 atom stereocenters. The van der Waals surface area contributed by atoms with Gasteiger partial charge in [-0.1, -0.05) is 0 Å². The van der Waals surface area contributed by atoms with E-state index in [9.17, 15) is 28.2 Å². The first-order chi connectivity index (χ1) is 18.1. The number of carboxylic acids is 1. The average molecular weight is 549 g/mol. The van der Waals surface area contributed by atoms with Crippen LogP contribution in [0.15, 0.2) is 41.4 Å². The second-order valence-electron chi connectivity index (χ2n) is 9.77. The average Bonchev–Trinajstić information content (AvgIpc) is 2.90. The second-order valence-corrected chi connectivity index (χ2v) is 10.9. The number of aromatic nitrogens is 1. The van der Waals surface area contributed by atoms with Crippen LogP contribution in [0.2, 0.25) is 0 Å². The van der Waals surface area contributed by atoms with Crippen LogP contribution < -0.4 is 4.74 Å². The molecule has 0 spiro atoms. The zero-order chi connectivity index (χ0) is 27.4. The number of methoxy groups -OCH3 is 1. The molecule has 204 valence electrons. The number of nitrogens with zero attached hydrogens (tertiary/aromatic N) is 2. The molecular formula is C28H31F3N2O4S. The molecular weight excluding hydrogens is 517 g/mol. The Kier molecular flexibility index (Phi) is 8.85. The molecule has 1 saturated heterocycles. The Labute approximate surface area is 223 Å². The van der Waals surface area contributed by atoms with E-state index in [1.807, 2.05) is 19.1 Å². The highest BCUT2D eigenvalue weighted by atomic mass is 32.2. The van der Waals surface area contributed by atoms with Crippen molar-refractivity contribution in [1.82, 2.24) is 9.88 Å². The van der Waals surface area contributed by atoms with E-state index in [0.717, 1.165) is 39.9 Å². The number of aliphatic hydroxyl groups excluding tert-OH is 1. The fraction of sp³-hybridized carbons (Fsp3) is 0.429. The Morgan fingerprint density at radius 1 is 1.21 bits per heavy atom. The lowest BCUT2D eigenvalue weighted by Crippen LogP contribution is -2.45. The number of thioether (sulfide) groups is 1. The van der Waals surface area contributed by atoms with Gasteiger partial charge < -0.3 is 19.8 Å². The van der Waals surface area contributed by atoms with E-state index in [0.29, 0.717) is 56.5 Å². The Morgan fingerprint density at radius 3 is 2.63 bits per heavy atom. The van der Waals surface area contributed by atoms with Crippen LogP contribution in [-0.2, 0) is 4.79 Å². The topological polar surface area (TPSA) is 82.9 Å². The third kappa shape index (κ3) is 6.08. The molecule has 1 fully saturated rings. The minimum atomic E-state index is -1.21. The molecule has 0 bridgehead atoms. The largest absolute Gasteiger partial charge is 0.497 e. The number of hydrogen-bond acceptors (Lipinski definition) is 6. The molecule has 2 heterocycles. The highest BCUT2D eigenvalue weighted by Gasteiger charge is 2.41. The number of aryl methyl sites for hydroxylation is 1. The van der Waals surface area contributed by atoms with Gasteiger partial charge >= 0.3 is 5.97 Å². The summed E-state index contributed by atoms with van der Waals surface area (Å²) in [6.07, 6.45) is 2.26. The minimum Gasteiger partial charge on any atom is -0.497 e. The molecule has 10 heteroatoms. The van der Waals surface area contributed by atoms with Crippen LogP contribution in [0.25, 0.3) is 10.9 Å². The lowest BCUT2D eigenvalue weighted by molar-refractivity contribution is -0.153. The number of fused-ring (bicyclic) bond motifs is 1. The zero-order valence-corrected chi connectivity index (χ0v) is 22.2. The van der Waals surface area contributed by atoms with Crippen LogP contribution in [0.1, 0.15) is 42.9 Å². The lowest BCUT2D eigenvalue weighted by atomic mass is 9.74. The minimum absolute atomic E-state index is 0.0788. The van der Waals surface area contributed by atoms with Crippen molar-refractivity contribution >= 4 is 28.6 Å². The van der Waals surface area contributed by atoms with Gasteiger partial charge in [-0.15, -0.1) is 11.8 Å². The third-order valence-electron chi connectivity index (χ3n) is 7.44. The Bertz CT molecular complexity index is 1310. The first-order valence-corrected chi connectivity index (χ1v) is 13.5. The molecule has 2 aromatic carbocycles. The summed E-state index contributed by atoms with van der Waals surface area (Å²) in [5, 5.41) is 22.1. The molecule has 1 aliphatic rings. The zero-order valence-electron chi connectivity index (χ0n) is 21.3. The molecule has 1 aromatic heterocycles. The molecule has 4 rings (SSSR count). The number of carbonyl (C=O) groups is 1. The number of likely N-dealkylation sites (tertiary alicyclic amines) is 1. The standard InChI is InChI=1S/C28H31F3N2O4S/c1-17-16-32-22-4-3-19(37-2)15-20(22)25(17)23(34)5-6-28(27(35)36)7-9-33(10-8-28)11-12-38-24-14-18(29)13-21(30)26(24)31/h3-4,13-16,23,34H,5-12H2,1-2H3,(H,35,36)/t23-/m0/s1. The van der Waals surface area contributed by atoms with Gasteiger partial charge in [-0.2, -0.15) is 0 Å². The van der Waals surface area contributed by atoms with Crippen LogP contribution in [0.4, 0.5) is 13.2 Å². The van der Waals surface area contributed by atoms with Crippen LogP contribution >= 0.6 is 11.8 Å². The van der Waals surface area contributed by atoms with Crippen LogP contribution in [0.3, 0.4) is 0 Å². The van der Waals surface area contributed by atoms with Crippen molar-refractivity contribution in [2.75, 3.05) is 32.5 Å². The summed E-state index contributed by atoms with van der Waals surface area (Å²) in [6, 6.07) is 6.96. The number of halogens is 3. The maximum atomic E-state index is 13.9. The van der Waals surface area contributed by atoms with E-state index in [-0.39, 0.29) is 11.3 Å². The van der Waals surface area contributed by atoms with Gasteiger partial charge in [0, 0.05) is 34.8 Å². The van der Waals surface area contributed by atoms with E-state index in [4.69, 9.17) is 4.74 Å². The SMILES string of the molecule is COc1ccc2ncc(C)c([C@@H](O)CCC3(C(=O)O)CCN(CCSc4cc(F)cc(F)c4F)CC3)c2c1. The number of carboxylic acid groups (broad SMARTS) is 1. The second kappa shape index (κ2) is 11.9. The van der Waals surface area contributed by atoms with Gasteiger partial charge in [-0.25, -0.2) is 13.2 Å². The summed E-state index contributed by atoms with van der Waals surface area (Å²) in [5.74, 6) is -2.92. The van der Waals surface area contributed by atoms with Crippen molar-refractivity contribution < 1.29 is 32.9 Å².